The van der Waals surface area contributed by atoms with Crippen LogP contribution < -0.4 is 4.90 Å². The first-order valence-electron chi connectivity index (χ1n) is 7.25. The molecule has 2 heteroatoms. The number of carbonyl (C=O) groups is 1. The van der Waals surface area contributed by atoms with E-state index in [1.807, 2.05) is 96.9 Å². The van der Waals surface area contributed by atoms with E-state index in [2.05, 4.69) is 0 Å². The van der Waals surface area contributed by atoms with Crippen molar-refractivity contribution in [2.24, 2.45) is 0 Å². The van der Waals surface area contributed by atoms with Gasteiger partial charge in [-0.3, -0.25) is 4.79 Å². The van der Waals surface area contributed by atoms with Gasteiger partial charge in [0.25, 0.3) is 0 Å². The Morgan fingerprint density at radius 3 is 1.95 bits per heavy atom. The predicted molar refractivity (Wildman–Crippen MR) is 90.8 cm³/mol. The molecule has 0 radical (unpaired) electrons. The van der Waals surface area contributed by atoms with Gasteiger partial charge in [-0.25, -0.2) is 0 Å². The van der Waals surface area contributed by atoms with Gasteiger partial charge in [-0.05, 0) is 24.3 Å². The van der Waals surface area contributed by atoms with Crippen molar-refractivity contribution in [2.75, 3.05) is 11.9 Å². The van der Waals surface area contributed by atoms with E-state index in [0.29, 0.717) is 11.1 Å². The molecule has 0 bridgehead atoms. The van der Waals surface area contributed by atoms with Crippen LogP contribution in [0.25, 0.3) is 0 Å². The van der Waals surface area contributed by atoms with Gasteiger partial charge in [-0.15, -0.1) is 0 Å². The van der Waals surface area contributed by atoms with Crippen LogP contribution in [0.3, 0.4) is 0 Å². The van der Waals surface area contributed by atoms with E-state index < -0.39 is 0 Å². The average molecular weight is 287 g/mol. The topological polar surface area (TPSA) is 20.3 Å². The summed E-state index contributed by atoms with van der Waals surface area (Å²) in [6.07, 6.45) is 0. The Hall–Kier alpha value is -2.87. The number of hydrogen-bond acceptors (Lipinski definition) is 2. The van der Waals surface area contributed by atoms with Crippen molar-refractivity contribution in [3.8, 4) is 0 Å². The summed E-state index contributed by atoms with van der Waals surface area (Å²) < 4.78 is 0. The molecule has 2 nitrogen and oxygen atoms in total. The normalized spacial score (nSPS) is 10.2. The molecule has 108 valence electrons. The van der Waals surface area contributed by atoms with Crippen LogP contribution in [0.1, 0.15) is 15.9 Å². The number of benzene rings is 3. The number of para-hydroxylation sites is 2. The maximum absolute atomic E-state index is 12.8. The highest BCUT2D eigenvalue weighted by Gasteiger charge is 2.16. The zero-order valence-corrected chi connectivity index (χ0v) is 12.4. The molecule has 0 spiro atoms. The summed E-state index contributed by atoms with van der Waals surface area (Å²) in [6, 6.07) is 27.1. The van der Waals surface area contributed by atoms with Crippen LogP contribution in [-0.4, -0.2) is 12.8 Å². The fourth-order valence-corrected chi connectivity index (χ4v) is 2.49. The van der Waals surface area contributed by atoms with Gasteiger partial charge in [0.15, 0.2) is 5.78 Å². The number of rotatable bonds is 4. The van der Waals surface area contributed by atoms with Crippen LogP contribution in [0.5, 0.6) is 0 Å². The second kappa shape index (κ2) is 6.27. The molecule has 3 rings (SSSR count). The maximum atomic E-state index is 12.8. The van der Waals surface area contributed by atoms with Crippen molar-refractivity contribution >= 4 is 17.2 Å². The highest BCUT2D eigenvalue weighted by Crippen LogP contribution is 2.28. The Morgan fingerprint density at radius 2 is 1.27 bits per heavy atom. The number of anilines is 2. The van der Waals surface area contributed by atoms with Crippen molar-refractivity contribution in [1.82, 2.24) is 0 Å². The summed E-state index contributed by atoms with van der Waals surface area (Å²) in [5, 5.41) is 0. The van der Waals surface area contributed by atoms with Crippen molar-refractivity contribution in [3.63, 3.8) is 0 Å². The molecule has 0 aliphatic rings. The second-order valence-corrected chi connectivity index (χ2v) is 5.11. The summed E-state index contributed by atoms with van der Waals surface area (Å²) >= 11 is 0. The first kappa shape index (κ1) is 14.1. The Balaban J connectivity index is 2.02. The molecule has 0 aliphatic carbocycles. The Labute approximate surface area is 130 Å². The number of carbonyl (C=O) groups excluding carboxylic acids is 1. The predicted octanol–water partition coefficient (Wildman–Crippen LogP) is 4.69. The maximum Gasteiger partial charge on any atom is 0.195 e. The van der Waals surface area contributed by atoms with Gasteiger partial charge in [0, 0.05) is 23.9 Å². The molecule has 3 aromatic carbocycles. The van der Waals surface area contributed by atoms with Crippen LogP contribution >= 0.6 is 0 Å². The van der Waals surface area contributed by atoms with Gasteiger partial charge in [0.05, 0.1) is 5.69 Å². The lowest BCUT2D eigenvalue weighted by Gasteiger charge is -2.22. The first-order chi connectivity index (χ1) is 10.8. The van der Waals surface area contributed by atoms with E-state index in [-0.39, 0.29) is 5.78 Å². The van der Waals surface area contributed by atoms with Crippen LogP contribution in [-0.2, 0) is 0 Å². The fourth-order valence-electron chi connectivity index (χ4n) is 2.49. The molecule has 0 saturated carbocycles. The van der Waals surface area contributed by atoms with E-state index in [4.69, 9.17) is 0 Å². The zero-order chi connectivity index (χ0) is 15.4. The van der Waals surface area contributed by atoms with E-state index in [9.17, 15) is 4.79 Å². The van der Waals surface area contributed by atoms with Crippen LogP contribution in [0.4, 0.5) is 11.4 Å². The molecule has 22 heavy (non-hydrogen) atoms. The number of ketones is 1. The summed E-state index contributed by atoms with van der Waals surface area (Å²) in [4.78, 5) is 14.8. The first-order valence-corrected chi connectivity index (χ1v) is 7.25. The summed E-state index contributed by atoms with van der Waals surface area (Å²) in [5.74, 6) is 0.0407. The average Bonchev–Trinajstić information content (AvgIpc) is 2.62. The standard InChI is InChI=1S/C20H17NO/c1-21(17-12-6-3-7-13-17)19-15-9-8-14-18(19)20(22)16-10-4-2-5-11-16/h2-15H,1H3. The molecule has 0 N–H and O–H groups in total. The number of nitrogens with zero attached hydrogens (tertiary/aromatic N) is 1. The smallest absolute Gasteiger partial charge is 0.195 e. The SMILES string of the molecule is CN(c1ccccc1)c1ccccc1C(=O)c1ccccc1. The van der Waals surface area contributed by atoms with Gasteiger partial charge >= 0.3 is 0 Å². The van der Waals surface area contributed by atoms with E-state index in [0.717, 1.165) is 11.4 Å². The minimum atomic E-state index is 0.0407. The van der Waals surface area contributed by atoms with E-state index >= 15 is 0 Å². The lowest BCUT2D eigenvalue weighted by atomic mass is 10.0. The molecule has 0 amide bonds. The van der Waals surface area contributed by atoms with Gasteiger partial charge in [-0.2, -0.15) is 0 Å². The van der Waals surface area contributed by atoms with E-state index in [1.165, 1.54) is 0 Å². The molecular formula is C20H17NO. The minimum Gasteiger partial charge on any atom is -0.344 e. The van der Waals surface area contributed by atoms with Crippen LogP contribution in [0.2, 0.25) is 0 Å². The number of hydrogen-bond donors (Lipinski definition) is 0. The van der Waals surface area contributed by atoms with Crippen molar-refractivity contribution < 1.29 is 4.79 Å². The Kier molecular flexibility index (Phi) is 4.01. The monoisotopic (exact) mass is 287 g/mol. The highest BCUT2D eigenvalue weighted by atomic mass is 16.1. The lowest BCUT2D eigenvalue weighted by Crippen LogP contribution is -2.14. The van der Waals surface area contributed by atoms with Crippen LogP contribution in [0.15, 0.2) is 84.9 Å². The third-order valence-electron chi connectivity index (χ3n) is 3.69. The molecule has 0 fully saturated rings. The highest BCUT2D eigenvalue weighted by molar-refractivity contribution is 6.12. The fraction of sp³-hybridized carbons (Fsp3) is 0.0500. The molecular weight excluding hydrogens is 270 g/mol. The molecule has 0 heterocycles. The Bertz CT molecular complexity index is 766. The van der Waals surface area contributed by atoms with Crippen molar-refractivity contribution in [1.29, 1.82) is 0 Å². The minimum absolute atomic E-state index is 0.0407. The molecule has 0 atom stereocenters. The Morgan fingerprint density at radius 1 is 0.727 bits per heavy atom. The third kappa shape index (κ3) is 2.77. The zero-order valence-electron chi connectivity index (χ0n) is 12.4. The summed E-state index contributed by atoms with van der Waals surface area (Å²) in [6.45, 7) is 0. The lowest BCUT2D eigenvalue weighted by molar-refractivity contribution is 0.103. The largest absolute Gasteiger partial charge is 0.344 e. The van der Waals surface area contributed by atoms with Gasteiger partial charge in [0.1, 0.15) is 0 Å². The van der Waals surface area contributed by atoms with Gasteiger partial charge in [-0.1, -0.05) is 60.7 Å². The quantitative estimate of drug-likeness (QED) is 0.649. The summed E-state index contributed by atoms with van der Waals surface area (Å²) in [5.41, 5.74) is 3.37. The van der Waals surface area contributed by atoms with Crippen molar-refractivity contribution in [2.45, 2.75) is 0 Å². The second-order valence-electron chi connectivity index (χ2n) is 5.11. The molecule has 0 aliphatic heterocycles. The molecule has 0 aromatic heterocycles. The van der Waals surface area contributed by atoms with Gasteiger partial charge < -0.3 is 4.90 Å². The molecule has 0 unspecified atom stereocenters. The molecule has 3 aromatic rings. The van der Waals surface area contributed by atoms with Gasteiger partial charge in [0.2, 0.25) is 0 Å². The van der Waals surface area contributed by atoms with E-state index in [1.54, 1.807) is 0 Å². The van der Waals surface area contributed by atoms with Crippen molar-refractivity contribution in [3.05, 3.63) is 96.1 Å². The third-order valence-corrected chi connectivity index (χ3v) is 3.69. The summed E-state index contributed by atoms with van der Waals surface area (Å²) in [7, 11) is 1.98. The molecule has 0 saturated heterocycles. The van der Waals surface area contributed by atoms with Crippen LogP contribution in [0, 0.1) is 0 Å².